The van der Waals surface area contributed by atoms with Crippen molar-refractivity contribution in [3.05, 3.63) is 0 Å². The summed E-state index contributed by atoms with van der Waals surface area (Å²) in [6.07, 6.45) is 0.308. The minimum Gasteiger partial charge on any atom is -0.450 e. The van der Waals surface area contributed by atoms with Gasteiger partial charge < -0.3 is 10.2 Å². The molecule has 0 bridgehead atoms. The normalized spacial score (nSPS) is 29.7. The summed E-state index contributed by atoms with van der Waals surface area (Å²) in [5.74, 6) is -0.159. The van der Waals surface area contributed by atoms with Gasteiger partial charge in [-0.3, -0.25) is 0 Å². The van der Waals surface area contributed by atoms with Crippen LogP contribution in [0.3, 0.4) is 0 Å². The van der Waals surface area contributed by atoms with Gasteiger partial charge in [0.15, 0.2) is 0 Å². The van der Waals surface area contributed by atoms with Crippen molar-refractivity contribution in [1.82, 2.24) is 0 Å². The molecule has 0 aromatic carbocycles. The largest absolute Gasteiger partial charge is 0.503 e. The summed E-state index contributed by atoms with van der Waals surface area (Å²) in [4.78, 5) is 8.56. The van der Waals surface area contributed by atoms with Gasteiger partial charge in [0.05, 0.1) is 30.0 Å². The van der Waals surface area contributed by atoms with Crippen molar-refractivity contribution in [2.45, 2.75) is 26.2 Å². The minimum absolute atomic E-state index is 0.105. The van der Waals surface area contributed by atoms with Crippen LogP contribution < -0.4 is 0 Å². The van der Waals surface area contributed by atoms with E-state index in [2.05, 4.69) is 18.2 Å². The Hall–Kier alpha value is -2.26. The standard InChI is InChI=1S/C11H13N3.CH2O3/c1-2-11-9(6-13)3-8(5-12)4-10(11)7-14;2-1(3)4/h8-11H,2-4H2,1H3;(H2,2,3,4). The lowest BCUT2D eigenvalue weighted by Gasteiger charge is -2.32. The van der Waals surface area contributed by atoms with Crippen LogP contribution >= 0.6 is 0 Å². The highest BCUT2D eigenvalue weighted by molar-refractivity contribution is 5.53. The number of nitrogens with zero attached hydrogens (tertiary/aromatic N) is 3. The molecule has 0 spiro atoms. The van der Waals surface area contributed by atoms with Crippen LogP contribution in [0.2, 0.25) is 0 Å². The second kappa shape index (κ2) is 7.92. The van der Waals surface area contributed by atoms with Gasteiger partial charge in [0.25, 0.3) is 0 Å². The molecule has 1 saturated carbocycles. The van der Waals surface area contributed by atoms with Crippen LogP contribution in [0, 0.1) is 57.7 Å². The van der Waals surface area contributed by atoms with E-state index >= 15 is 0 Å². The molecule has 2 atom stereocenters. The maximum absolute atomic E-state index is 8.95. The lowest BCUT2D eigenvalue weighted by molar-refractivity contribution is 0.137. The second-order valence-corrected chi connectivity index (χ2v) is 4.12. The highest BCUT2D eigenvalue weighted by Crippen LogP contribution is 2.39. The first-order chi connectivity index (χ1) is 8.49. The third-order valence-electron chi connectivity index (χ3n) is 3.10. The van der Waals surface area contributed by atoms with E-state index < -0.39 is 6.16 Å². The van der Waals surface area contributed by atoms with Gasteiger partial charge in [-0.1, -0.05) is 13.3 Å². The van der Waals surface area contributed by atoms with Gasteiger partial charge in [-0.05, 0) is 18.8 Å². The molecule has 1 aliphatic rings. The van der Waals surface area contributed by atoms with Crippen molar-refractivity contribution in [3.63, 3.8) is 0 Å². The molecular formula is C12H15N3O3. The molecule has 0 aliphatic heterocycles. The molecule has 6 heteroatoms. The van der Waals surface area contributed by atoms with E-state index in [1.165, 1.54) is 0 Å². The van der Waals surface area contributed by atoms with Crippen LogP contribution in [-0.2, 0) is 0 Å². The average Bonchev–Trinajstić information content (AvgIpc) is 2.36. The van der Waals surface area contributed by atoms with Gasteiger partial charge in [-0.2, -0.15) is 15.8 Å². The number of carbonyl (C=O) groups is 1. The molecule has 6 nitrogen and oxygen atoms in total. The zero-order valence-electron chi connectivity index (χ0n) is 10.1. The van der Waals surface area contributed by atoms with Crippen molar-refractivity contribution in [2.24, 2.45) is 23.7 Å². The summed E-state index contributed by atoms with van der Waals surface area (Å²) in [5, 5.41) is 40.7. The molecule has 0 aromatic heterocycles. The molecule has 96 valence electrons. The van der Waals surface area contributed by atoms with Gasteiger partial charge in [-0.25, -0.2) is 4.79 Å². The molecule has 0 radical (unpaired) electrons. The quantitative estimate of drug-likeness (QED) is 0.734. The van der Waals surface area contributed by atoms with Crippen LogP contribution in [0.4, 0.5) is 4.79 Å². The van der Waals surface area contributed by atoms with E-state index in [0.29, 0.717) is 12.8 Å². The number of hydrogen-bond donors (Lipinski definition) is 2. The molecule has 2 N–H and O–H groups in total. The first-order valence-corrected chi connectivity index (χ1v) is 5.60. The van der Waals surface area contributed by atoms with Crippen molar-refractivity contribution in [3.8, 4) is 18.2 Å². The topological polar surface area (TPSA) is 129 Å². The van der Waals surface area contributed by atoms with Crippen LogP contribution in [0.15, 0.2) is 0 Å². The predicted octanol–water partition coefficient (Wildman–Crippen LogP) is 2.45. The van der Waals surface area contributed by atoms with Crippen molar-refractivity contribution < 1.29 is 15.0 Å². The summed E-state index contributed by atoms with van der Waals surface area (Å²) < 4.78 is 0. The zero-order valence-corrected chi connectivity index (χ0v) is 10.1. The van der Waals surface area contributed by atoms with E-state index in [0.717, 1.165) is 6.42 Å². The Morgan fingerprint density at radius 1 is 1.11 bits per heavy atom. The van der Waals surface area contributed by atoms with Crippen molar-refractivity contribution in [1.29, 1.82) is 15.8 Å². The van der Waals surface area contributed by atoms with Gasteiger partial charge >= 0.3 is 6.16 Å². The molecule has 0 saturated heterocycles. The van der Waals surface area contributed by atoms with Gasteiger partial charge in [-0.15, -0.1) is 0 Å². The molecule has 2 unspecified atom stereocenters. The highest BCUT2D eigenvalue weighted by Gasteiger charge is 2.36. The SMILES string of the molecule is CCC1C(C#N)CC(C#N)CC1C#N.O=C(O)O. The fraction of sp³-hybridized carbons (Fsp3) is 0.667. The van der Waals surface area contributed by atoms with Gasteiger partial charge in [0.1, 0.15) is 0 Å². The molecular weight excluding hydrogens is 234 g/mol. The van der Waals surface area contributed by atoms with E-state index in [-0.39, 0.29) is 23.7 Å². The van der Waals surface area contributed by atoms with E-state index in [1.807, 2.05) is 6.92 Å². The maximum atomic E-state index is 8.95. The summed E-state index contributed by atoms with van der Waals surface area (Å²) in [7, 11) is 0. The number of carboxylic acid groups (broad SMARTS) is 2. The third-order valence-corrected chi connectivity index (χ3v) is 3.10. The lowest BCUT2D eigenvalue weighted by atomic mass is 9.68. The Balaban J connectivity index is 0.000000631. The molecule has 18 heavy (non-hydrogen) atoms. The van der Waals surface area contributed by atoms with Gasteiger partial charge in [0.2, 0.25) is 0 Å². The van der Waals surface area contributed by atoms with E-state index in [4.69, 9.17) is 30.8 Å². The number of nitriles is 3. The summed E-state index contributed by atoms with van der Waals surface area (Å²) >= 11 is 0. The second-order valence-electron chi connectivity index (χ2n) is 4.12. The Kier molecular flexibility index (Phi) is 6.93. The first kappa shape index (κ1) is 15.7. The Labute approximate surface area is 106 Å². The minimum atomic E-state index is -1.83. The van der Waals surface area contributed by atoms with Crippen LogP contribution in [0.5, 0.6) is 0 Å². The molecule has 0 heterocycles. The zero-order chi connectivity index (χ0) is 14.1. The molecule has 1 rings (SSSR count). The maximum Gasteiger partial charge on any atom is 0.503 e. The van der Waals surface area contributed by atoms with Crippen LogP contribution in [0.25, 0.3) is 0 Å². The highest BCUT2D eigenvalue weighted by atomic mass is 16.6. The van der Waals surface area contributed by atoms with Crippen molar-refractivity contribution >= 4 is 6.16 Å². The molecule has 1 fully saturated rings. The fourth-order valence-electron chi connectivity index (χ4n) is 2.31. The number of hydrogen-bond acceptors (Lipinski definition) is 4. The Morgan fingerprint density at radius 2 is 1.50 bits per heavy atom. The smallest absolute Gasteiger partial charge is 0.450 e. The average molecular weight is 249 g/mol. The molecule has 1 aliphatic carbocycles. The molecule has 0 aromatic rings. The third kappa shape index (κ3) is 4.72. The molecule has 0 amide bonds. The predicted molar refractivity (Wildman–Crippen MR) is 61.0 cm³/mol. The Morgan fingerprint density at radius 3 is 1.72 bits per heavy atom. The first-order valence-electron chi connectivity index (χ1n) is 5.60. The summed E-state index contributed by atoms with van der Waals surface area (Å²) in [6.45, 7) is 2.01. The Bertz CT molecular complexity index is 374. The van der Waals surface area contributed by atoms with E-state index in [9.17, 15) is 0 Å². The van der Waals surface area contributed by atoms with Crippen LogP contribution in [0.1, 0.15) is 26.2 Å². The monoisotopic (exact) mass is 249 g/mol. The summed E-state index contributed by atoms with van der Waals surface area (Å²) in [6, 6.07) is 6.64. The van der Waals surface area contributed by atoms with Gasteiger partial charge in [0, 0.05) is 5.92 Å². The lowest BCUT2D eigenvalue weighted by Crippen LogP contribution is -2.30. The fourth-order valence-corrected chi connectivity index (χ4v) is 2.31. The van der Waals surface area contributed by atoms with Crippen LogP contribution in [-0.4, -0.2) is 16.4 Å². The van der Waals surface area contributed by atoms with E-state index in [1.54, 1.807) is 0 Å². The summed E-state index contributed by atoms with van der Waals surface area (Å²) in [5.41, 5.74) is 0. The number of rotatable bonds is 1. The van der Waals surface area contributed by atoms with Crippen molar-refractivity contribution in [2.75, 3.05) is 0 Å².